The standard InChI is InChI=1S/C11H8ClNO2/c1-6-4-10(11(14)15)13-9-5-7(12)2-3-8(6)9/h2-5H,1H3,(H,14,15). The number of hydrogen-bond acceptors (Lipinski definition) is 2. The molecule has 76 valence electrons. The van der Waals surface area contributed by atoms with E-state index in [0.717, 1.165) is 10.9 Å². The van der Waals surface area contributed by atoms with Crippen LogP contribution >= 0.6 is 11.6 Å². The van der Waals surface area contributed by atoms with Crippen LogP contribution in [0.5, 0.6) is 0 Å². The molecule has 0 atom stereocenters. The van der Waals surface area contributed by atoms with Crippen LogP contribution in [0.2, 0.25) is 5.02 Å². The van der Waals surface area contributed by atoms with Crippen LogP contribution in [-0.2, 0) is 0 Å². The Morgan fingerprint density at radius 2 is 2.13 bits per heavy atom. The van der Waals surface area contributed by atoms with Gasteiger partial charge in [-0.2, -0.15) is 0 Å². The number of aromatic nitrogens is 1. The summed E-state index contributed by atoms with van der Waals surface area (Å²) in [4.78, 5) is 14.8. The largest absolute Gasteiger partial charge is 0.477 e. The van der Waals surface area contributed by atoms with Crippen LogP contribution in [0.15, 0.2) is 24.3 Å². The van der Waals surface area contributed by atoms with Crippen LogP contribution in [0, 0.1) is 6.92 Å². The Kier molecular flexibility index (Phi) is 2.32. The van der Waals surface area contributed by atoms with Crippen molar-refractivity contribution >= 4 is 28.5 Å². The molecule has 0 amide bonds. The Morgan fingerprint density at radius 1 is 1.40 bits per heavy atom. The lowest BCUT2D eigenvalue weighted by Crippen LogP contribution is -2.01. The summed E-state index contributed by atoms with van der Waals surface area (Å²) >= 11 is 5.82. The van der Waals surface area contributed by atoms with Gasteiger partial charge in [-0.25, -0.2) is 9.78 Å². The molecule has 1 heterocycles. The first-order valence-corrected chi connectivity index (χ1v) is 4.76. The number of pyridine rings is 1. The fraction of sp³-hybridized carbons (Fsp3) is 0.0909. The molecule has 2 aromatic rings. The highest BCUT2D eigenvalue weighted by molar-refractivity contribution is 6.31. The van der Waals surface area contributed by atoms with E-state index in [1.807, 2.05) is 13.0 Å². The number of hydrogen-bond donors (Lipinski definition) is 1. The maximum Gasteiger partial charge on any atom is 0.354 e. The van der Waals surface area contributed by atoms with Gasteiger partial charge in [0, 0.05) is 10.4 Å². The minimum Gasteiger partial charge on any atom is -0.477 e. The van der Waals surface area contributed by atoms with Gasteiger partial charge in [0.05, 0.1) is 5.52 Å². The summed E-state index contributed by atoms with van der Waals surface area (Å²) in [5.74, 6) is -1.03. The molecule has 3 nitrogen and oxygen atoms in total. The molecule has 0 bridgehead atoms. The molecule has 0 aliphatic heterocycles. The molecule has 15 heavy (non-hydrogen) atoms. The first-order valence-electron chi connectivity index (χ1n) is 4.38. The van der Waals surface area contributed by atoms with Crippen molar-refractivity contribution in [2.75, 3.05) is 0 Å². The van der Waals surface area contributed by atoms with Crippen LogP contribution < -0.4 is 0 Å². The Hall–Kier alpha value is -1.61. The highest BCUT2D eigenvalue weighted by atomic mass is 35.5. The summed E-state index contributed by atoms with van der Waals surface area (Å²) in [6.07, 6.45) is 0. The van der Waals surface area contributed by atoms with Crippen LogP contribution in [0.4, 0.5) is 0 Å². The molecule has 2 rings (SSSR count). The number of halogens is 1. The highest BCUT2D eigenvalue weighted by Gasteiger charge is 2.08. The van der Waals surface area contributed by atoms with Gasteiger partial charge < -0.3 is 5.11 Å². The molecule has 0 spiro atoms. The molecular formula is C11H8ClNO2. The summed E-state index contributed by atoms with van der Waals surface area (Å²) in [6, 6.07) is 6.82. The third kappa shape index (κ3) is 1.78. The smallest absolute Gasteiger partial charge is 0.354 e. The number of carbonyl (C=O) groups is 1. The van der Waals surface area contributed by atoms with Crippen molar-refractivity contribution < 1.29 is 9.90 Å². The summed E-state index contributed by atoms with van der Waals surface area (Å²) in [7, 11) is 0. The number of carboxylic acids is 1. The fourth-order valence-corrected chi connectivity index (χ4v) is 1.65. The van der Waals surface area contributed by atoms with E-state index in [1.54, 1.807) is 18.2 Å². The normalized spacial score (nSPS) is 10.5. The van der Waals surface area contributed by atoms with Crippen molar-refractivity contribution in [3.8, 4) is 0 Å². The van der Waals surface area contributed by atoms with Crippen molar-refractivity contribution in [2.24, 2.45) is 0 Å². The van der Waals surface area contributed by atoms with Gasteiger partial charge in [-0.15, -0.1) is 0 Å². The molecule has 0 saturated carbocycles. The molecule has 1 aromatic heterocycles. The van der Waals surface area contributed by atoms with Crippen molar-refractivity contribution in [1.29, 1.82) is 0 Å². The van der Waals surface area contributed by atoms with Crippen LogP contribution in [-0.4, -0.2) is 16.1 Å². The summed E-state index contributed by atoms with van der Waals surface area (Å²) < 4.78 is 0. The number of rotatable bonds is 1. The van der Waals surface area contributed by atoms with Crippen molar-refractivity contribution in [2.45, 2.75) is 6.92 Å². The van der Waals surface area contributed by atoms with Crippen molar-refractivity contribution in [3.05, 3.63) is 40.5 Å². The van der Waals surface area contributed by atoms with Crippen LogP contribution in [0.25, 0.3) is 10.9 Å². The second kappa shape index (κ2) is 3.51. The van der Waals surface area contributed by atoms with E-state index in [0.29, 0.717) is 10.5 Å². The maximum absolute atomic E-state index is 10.8. The Labute approximate surface area is 91.3 Å². The van der Waals surface area contributed by atoms with E-state index in [2.05, 4.69) is 4.98 Å². The molecule has 4 heteroatoms. The highest BCUT2D eigenvalue weighted by Crippen LogP contribution is 2.21. The lowest BCUT2D eigenvalue weighted by atomic mass is 10.1. The van der Waals surface area contributed by atoms with Gasteiger partial charge in [-0.1, -0.05) is 17.7 Å². The fourth-order valence-electron chi connectivity index (χ4n) is 1.49. The third-order valence-corrected chi connectivity index (χ3v) is 2.43. The molecule has 0 unspecified atom stereocenters. The van der Waals surface area contributed by atoms with Crippen molar-refractivity contribution in [3.63, 3.8) is 0 Å². The summed E-state index contributed by atoms with van der Waals surface area (Å²) in [6.45, 7) is 1.85. The van der Waals surface area contributed by atoms with Crippen molar-refractivity contribution in [1.82, 2.24) is 4.98 Å². The predicted molar refractivity (Wildman–Crippen MR) is 58.4 cm³/mol. The number of fused-ring (bicyclic) bond motifs is 1. The molecule has 0 saturated heterocycles. The van der Waals surface area contributed by atoms with E-state index < -0.39 is 5.97 Å². The molecule has 1 aromatic carbocycles. The molecule has 0 aliphatic rings. The second-order valence-electron chi connectivity index (χ2n) is 3.29. The Bertz CT molecular complexity index is 552. The summed E-state index contributed by atoms with van der Waals surface area (Å²) in [5.41, 5.74) is 1.54. The number of aromatic carboxylic acids is 1. The van der Waals surface area contributed by atoms with Crippen LogP contribution in [0.1, 0.15) is 16.1 Å². The molecule has 0 fully saturated rings. The molecule has 0 radical (unpaired) electrons. The van der Waals surface area contributed by atoms with Gasteiger partial charge in [0.1, 0.15) is 5.69 Å². The van der Waals surface area contributed by atoms with E-state index in [-0.39, 0.29) is 5.69 Å². The summed E-state index contributed by atoms with van der Waals surface area (Å²) in [5, 5.41) is 10.3. The van der Waals surface area contributed by atoms with E-state index in [9.17, 15) is 4.79 Å². The average molecular weight is 222 g/mol. The van der Waals surface area contributed by atoms with E-state index in [4.69, 9.17) is 16.7 Å². The SMILES string of the molecule is Cc1cc(C(=O)O)nc2cc(Cl)ccc12. The van der Waals surface area contributed by atoms with Crippen LogP contribution in [0.3, 0.4) is 0 Å². The van der Waals surface area contributed by atoms with Gasteiger partial charge in [0.2, 0.25) is 0 Å². The molecular weight excluding hydrogens is 214 g/mol. The first kappa shape index (κ1) is 9.93. The number of nitrogens with zero attached hydrogens (tertiary/aromatic N) is 1. The van der Waals surface area contributed by atoms with E-state index >= 15 is 0 Å². The lowest BCUT2D eigenvalue weighted by molar-refractivity contribution is 0.0691. The van der Waals surface area contributed by atoms with E-state index in [1.165, 1.54) is 0 Å². The average Bonchev–Trinajstić information content (AvgIpc) is 2.16. The Morgan fingerprint density at radius 3 is 2.80 bits per heavy atom. The van der Waals surface area contributed by atoms with Gasteiger partial charge in [0.15, 0.2) is 0 Å². The topological polar surface area (TPSA) is 50.2 Å². The Balaban J connectivity index is 2.79. The quantitative estimate of drug-likeness (QED) is 0.806. The minimum atomic E-state index is -1.03. The zero-order valence-corrected chi connectivity index (χ0v) is 8.75. The zero-order chi connectivity index (χ0) is 11.0. The lowest BCUT2D eigenvalue weighted by Gasteiger charge is -2.03. The van der Waals surface area contributed by atoms with Gasteiger partial charge >= 0.3 is 5.97 Å². The number of carboxylic acid groups (broad SMARTS) is 1. The second-order valence-corrected chi connectivity index (χ2v) is 3.73. The monoisotopic (exact) mass is 221 g/mol. The predicted octanol–water partition coefficient (Wildman–Crippen LogP) is 2.89. The molecule has 0 aliphatic carbocycles. The first-order chi connectivity index (χ1) is 7.08. The minimum absolute atomic E-state index is 0.0438. The third-order valence-electron chi connectivity index (χ3n) is 2.20. The number of aryl methyl sites for hydroxylation is 1. The van der Waals surface area contributed by atoms with Gasteiger partial charge in [-0.05, 0) is 30.7 Å². The van der Waals surface area contributed by atoms with Gasteiger partial charge in [-0.3, -0.25) is 0 Å². The zero-order valence-electron chi connectivity index (χ0n) is 7.99. The molecule has 1 N–H and O–H groups in total. The maximum atomic E-state index is 10.8. The number of benzene rings is 1. The van der Waals surface area contributed by atoms with Gasteiger partial charge in [0.25, 0.3) is 0 Å².